The van der Waals surface area contributed by atoms with E-state index in [-0.39, 0.29) is 17.4 Å². The maximum absolute atomic E-state index is 13.5. The van der Waals surface area contributed by atoms with Crippen LogP contribution < -0.4 is 15.8 Å². The van der Waals surface area contributed by atoms with E-state index in [1.54, 1.807) is 12.1 Å². The van der Waals surface area contributed by atoms with Gasteiger partial charge in [0, 0.05) is 44.2 Å². The summed E-state index contributed by atoms with van der Waals surface area (Å²) in [5, 5.41) is 3.43. The highest BCUT2D eigenvalue weighted by Gasteiger charge is 2.22. The number of piperidine rings is 1. The Labute approximate surface area is 158 Å². The lowest BCUT2D eigenvalue weighted by Crippen LogP contribution is -2.43. The van der Waals surface area contributed by atoms with E-state index in [9.17, 15) is 9.18 Å². The molecule has 0 saturated carbocycles. The van der Waals surface area contributed by atoms with E-state index in [2.05, 4.69) is 15.2 Å². The molecule has 0 radical (unpaired) electrons. The molecule has 0 aliphatic carbocycles. The Kier molecular flexibility index (Phi) is 5.43. The Morgan fingerprint density at radius 2 is 2.04 bits per heavy atom. The van der Waals surface area contributed by atoms with Crippen molar-refractivity contribution in [1.82, 2.24) is 4.98 Å². The highest BCUT2D eigenvalue weighted by atomic mass is 19.1. The summed E-state index contributed by atoms with van der Waals surface area (Å²) in [7, 11) is 0. The Balaban J connectivity index is 1.47. The van der Waals surface area contributed by atoms with Crippen molar-refractivity contribution in [3.05, 3.63) is 58.3 Å². The van der Waals surface area contributed by atoms with Gasteiger partial charge in [-0.05, 0) is 61.4 Å². The number of ether oxygens (including phenoxy) is 1. The first-order valence-corrected chi connectivity index (χ1v) is 9.76. The number of benzene rings is 1. The Bertz CT molecular complexity index is 832. The molecule has 0 amide bonds. The second kappa shape index (κ2) is 8.13. The van der Waals surface area contributed by atoms with Crippen LogP contribution in [0.15, 0.2) is 41.3 Å². The van der Waals surface area contributed by atoms with E-state index in [0.717, 1.165) is 63.2 Å². The molecule has 144 valence electrons. The minimum atomic E-state index is -0.219. The molecule has 2 saturated heterocycles. The number of hydrogen-bond donors (Lipinski definition) is 2. The van der Waals surface area contributed by atoms with Gasteiger partial charge in [0.15, 0.2) is 0 Å². The molecule has 2 aromatic rings. The van der Waals surface area contributed by atoms with Crippen LogP contribution >= 0.6 is 0 Å². The molecule has 2 N–H and O–H groups in total. The van der Waals surface area contributed by atoms with Gasteiger partial charge in [-0.3, -0.25) is 4.79 Å². The minimum Gasteiger partial charge on any atom is -0.381 e. The number of H-pyrrole nitrogens is 1. The largest absolute Gasteiger partial charge is 0.381 e. The molecule has 0 unspecified atom stereocenters. The molecule has 3 heterocycles. The molecule has 6 heteroatoms. The van der Waals surface area contributed by atoms with Crippen molar-refractivity contribution in [2.24, 2.45) is 0 Å². The zero-order valence-electron chi connectivity index (χ0n) is 15.4. The summed E-state index contributed by atoms with van der Waals surface area (Å²) in [6.45, 7) is 3.21. The lowest BCUT2D eigenvalue weighted by molar-refractivity contribution is 0.0853. The fourth-order valence-corrected chi connectivity index (χ4v) is 4.10. The number of halogens is 1. The number of pyridine rings is 1. The van der Waals surface area contributed by atoms with Crippen molar-refractivity contribution in [2.45, 2.75) is 37.6 Å². The van der Waals surface area contributed by atoms with Gasteiger partial charge in [-0.25, -0.2) is 4.39 Å². The van der Waals surface area contributed by atoms with E-state index in [4.69, 9.17) is 4.74 Å². The van der Waals surface area contributed by atoms with Crippen molar-refractivity contribution in [3.63, 3.8) is 0 Å². The van der Waals surface area contributed by atoms with Crippen LogP contribution in [0.2, 0.25) is 0 Å². The van der Waals surface area contributed by atoms with Crippen molar-refractivity contribution in [2.75, 3.05) is 36.5 Å². The van der Waals surface area contributed by atoms with E-state index in [1.807, 2.05) is 18.3 Å². The van der Waals surface area contributed by atoms with Crippen LogP contribution in [0.4, 0.5) is 15.8 Å². The summed E-state index contributed by atoms with van der Waals surface area (Å²) in [6, 6.07) is 8.86. The first kappa shape index (κ1) is 18.0. The Morgan fingerprint density at radius 1 is 1.19 bits per heavy atom. The van der Waals surface area contributed by atoms with Crippen molar-refractivity contribution < 1.29 is 9.13 Å². The maximum atomic E-state index is 13.5. The van der Waals surface area contributed by atoms with Gasteiger partial charge in [-0.15, -0.1) is 0 Å². The van der Waals surface area contributed by atoms with Crippen molar-refractivity contribution >= 4 is 11.4 Å². The van der Waals surface area contributed by atoms with Crippen LogP contribution in [-0.4, -0.2) is 37.3 Å². The second-order valence-corrected chi connectivity index (χ2v) is 7.47. The Morgan fingerprint density at radius 3 is 2.85 bits per heavy atom. The van der Waals surface area contributed by atoms with Crippen LogP contribution in [0.1, 0.15) is 37.2 Å². The summed E-state index contributed by atoms with van der Waals surface area (Å²) < 4.78 is 19.0. The summed E-state index contributed by atoms with van der Waals surface area (Å²) in [5.41, 5.74) is 2.60. The summed E-state index contributed by atoms with van der Waals surface area (Å²) in [5.74, 6) is 0.217. The van der Waals surface area contributed by atoms with Crippen molar-refractivity contribution in [3.8, 4) is 0 Å². The fourth-order valence-electron chi connectivity index (χ4n) is 4.10. The number of hydrogen-bond acceptors (Lipinski definition) is 4. The molecule has 2 fully saturated rings. The molecule has 5 nitrogen and oxygen atoms in total. The fraction of sp³-hybridized carbons (Fsp3) is 0.476. The van der Waals surface area contributed by atoms with Crippen molar-refractivity contribution in [1.29, 1.82) is 0 Å². The smallest absolute Gasteiger partial charge is 0.271 e. The highest BCUT2D eigenvalue weighted by Crippen LogP contribution is 2.28. The molecule has 1 atom stereocenters. The zero-order valence-corrected chi connectivity index (χ0v) is 15.4. The average Bonchev–Trinajstić information content (AvgIpc) is 2.71. The first-order valence-electron chi connectivity index (χ1n) is 9.76. The summed E-state index contributed by atoms with van der Waals surface area (Å²) in [6.07, 6.45) is 5.81. The average molecular weight is 371 g/mol. The van der Waals surface area contributed by atoms with E-state index in [0.29, 0.717) is 11.6 Å². The van der Waals surface area contributed by atoms with Crippen LogP contribution in [0.5, 0.6) is 0 Å². The van der Waals surface area contributed by atoms with Gasteiger partial charge in [-0.2, -0.15) is 0 Å². The van der Waals surface area contributed by atoms with E-state index in [1.165, 1.54) is 6.07 Å². The lowest BCUT2D eigenvalue weighted by Gasteiger charge is -2.35. The number of nitrogens with one attached hydrogen (secondary N) is 2. The van der Waals surface area contributed by atoms with Gasteiger partial charge >= 0.3 is 0 Å². The number of aromatic amines is 1. The van der Waals surface area contributed by atoms with Gasteiger partial charge in [0.2, 0.25) is 0 Å². The molecular weight excluding hydrogens is 345 g/mol. The standard InChI is InChI=1S/C21H26FN3O2/c22-17-3-1-5-19(12-17)25-8-2-4-18(14-25)24-20-11-16(13-23-21(20)26)15-6-9-27-10-7-15/h1,3,5,11-13,15,18,24H,2,4,6-10,14H2,(H,23,26)/t18-/m1/s1. The normalized spacial score (nSPS) is 21.2. The maximum Gasteiger partial charge on any atom is 0.271 e. The molecule has 2 aliphatic rings. The number of rotatable bonds is 4. The molecule has 2 aliphatic heterocycles. The molecule has 1 aromatic heterocycles. The third-order valence-corrected chi connectivity index (χ3v) is 5.57. The predicted molar refractivity (Wildman–Crippen MR) is 105 cm³/mol. The molecular formula is C21H26FN3O2. The van der Waals surface area contributed by atoms with Crippen LogP contribution in [0.25, 0.3) is 0 Å². The molecule has 4 rings (SSSR count). The third-order valence-electron chi connectivity index (χ3n) is 5.57. The predicted octanol–water partition coefficient (Wildman–Crippen LogP) is 3.49. The second-order valence-electron chi connectivity index (χ2n) is 7.47. The summed E-state index contributed by atoms with van der Waals surface area (Å²) >= 11 is 0. The van der Waals surface area contributed by atoms with E-state index < -0.39 is 0 Å². The number of anilines is 2. The number of nitrogens with zero attached hydrogens (tertiary/aromatic N) is 1. The van der Waals surface area contributed by atoms with Gasteiger partial charge < -0.3 is 19.9 Å². The van der Waals surface area contributed by atoms with Gasteiger partial charge in [0.05, 0.1) is 0 Å². The topological polar surface area (TPSA) is 57.4 Å². The van der Waals surface area contributed by atoms with Crippen LogP contribution in [0.3, 0.4) is 0 Å². The van der Waals surface area contributed by atoms with Gasteiger partial charge in [-0.1, -0.05) is 6.07 Å². The summed E-state index contributed by atoms with van der Waals surface area (Å²) in [4.78, 5) is 17.4. The Hall–Kier alpha value is -2.34. The molecule has 0 spiro atoms. The van der Waals surface area contributed by atoms with Gasteiger partial charge in [0.1, 0.15) is 11.5 Å². The molecule has 0 bridgehead atoms. The molecule has 1 aromatic carbocycles. The quantitative estimate of drug-likeness (QED) is 0.864. The third kappa shape index (κ3) is 4.33. The number of aromatic nitrogens is 1. The lowest BCUT2D eigenvalue weighted by atomic mass is 9.93. The monoisotopic (exact) mass is 371 g/mol. The SMILES string of the molecule is O=c1[nH]cc(C2CCOCC2)cc1N[C@@H]1CCCN(c2cccc(F)c2)C1. The van der Waals surface area contributed by atoms with E-state index >= 15 is 0 Å². The highest BCUT2D eigenvalue weighted by molar-refractivity contribution is 5.49. The first-order chi connectivity index (χ1) is 13.2. The zero-order chi connectivity index (χ0) is 18.6. The van der Waals surface area contributed by atoms with Crippen LogP contribution in [0, 0.1) is 5.82 Å². The minimum absolute atomic E-state index is 0.0892. The van der Waals surface area contributed by atoms with Gasteiger partial charge in [0.25, 0.3) is 5.56 Å². The molecule has 27 heavy (non-hydrogen) atoms. The van der Waals surface area contributed by atoms with Crippen LogP contribution in [-0.2, 0) is 4.74 Å².